The number of ketones is 1. The van der Waals surface area contributed by atoms with Crippen LogP contribution in [0.25, 0.3) is 0 Å². The lowest BCUT2D eigenvalue weighted by atomic mass is 9.99. The van der Waals surface area contributed by atoms with Crippen LogP contribution in [0.4, 0.5) is 0 Å². The maximum Gasteiger partial charge on any atom is 0.459 e. The third-order valence-electron chi connectivity index (χ3n) is 4.82. The second-order valence-corrected chi connectivity index (χ2v) is 9.13. The molecule has 0 saturated carbocycles. The van der Waals surface area contributed by atoms with Crippen LogP contribution in [0.2, 0.25) is 0 Å². The number of esters is 1. The number of Topliss-reactive ketones (excluding diaryl/α,β-unsaturated/α-hetero) is 1. The fourth-order valence-corrected chi connectivity index (χ4v) is 4.94. The van der Waals surface area contributed by atoms with Crippen LogP contribution in [0, 0.1) is 5.92 Å². The van der Waals surface area contributed by atoms with Crippen molar-refractivity contribution in [3.63, 3.8) is 0 Å². The monoisotopic (exact) mass is 410 g/mol. The van der Waals surface area contributed by atoms with Gasteiger partial charge in [-0.05, 0) is 45.9 Å². The third kappa shape index (κ3) is 5.00. The van der Waals surface area contributed by atoms with Gasteiger partial charge in [-0.3, -0.25) is 19.0 Å². The highest BCUT2D eigenvalue weighted by atomic mass is 31.2. The number of fused-ring (bicyclic) bond motifs is 2. The smallest absolute Gasteiger partial charge is 0.459 e. The first kappa shape index (κ1) is 21.0. The molecule has 0 spiro atoms. The number of benzene rings is 1. The first-order valence-electron chi connectivity index (χ1n) is 9.53. The van der Waals surface area contributed by atoms with Crippen molar-refractivity contribution in [2.24, 2.45) is 5.92 Å². The van der Waals surface area contributed by atoms with E-state index in [1.807, 2.05) is 4.90 Å². The zero-order valence-electron chi connectivity index (χ0n) is 16.4. The van der Waals surface area contributed by atoms with Crippen LogP contribution in [0.5, 0.6) is 5.75 Å². The van der Waals surface area contributed by atoms with E-state index in [0.29, 0.717) is 5.75 Å². The van der Waals surface area contributed by atoms with Gasteiger partial charge in [-0.15, -0.1) is 0 Å². The summed E-state index contributed by atoms with van der Waals surface area (Å²) in [6.45, 7) is 6.49. The van der Waals surface area contributed by atoms with E-state index >= 15 is 0 Å². The molecule has 0 aliphatic carbocycles. The molecule has 0 radical (unpaired) electrons. The number of carbonyl (C=O) groups excluding carboxylic acids is 2. The van der Waals surface area contributed by atoms with E-state index in [-0.39, 0.29) is 24.4 Å². The number of nitrogens with zero attached hydrogens (tertiary/aromatic N) is 1. The molecule has 2 bridgehead atoms. The molecule has 1 aromatic rings. The van der Waals surface area contributed by atoms with Gasteiger partial charge in [0.05, 0.1) is 18.8 Å². The van der Waals surface area contributed by atoms with Gasteiger partial charge < -0.3 is 9.26 Å². The Hall–Kier alpha value is -1.73. The van der Waals surface area contributed by atoms with Crippen LogP contribution >= 0.6 is 7.75 Å². The zero-order valence-corrected chi connectivity index (χ0v) is 17.3. The summed E-state index contributed by atoms with van der Waals surface area (Å²) in [5.41, 5.74) is 0. The van der Waals surface area contributed by atoms with Crippen molar-refractivity contribution < 1.29 is 27.9 Å². The van der Waals surface area contributed by atoms with Crippen molar-refractivity contribution in [2.75, 3.05) is 19.7 Å². The van der Waals surface area contributed by atoms with Crippen LogP contribution in [0.3, 0.4) is 0 Å². The molecular weight excluding hydrogens is 383 g/mol. The van der Waals surface area contributed by atoms with Gasteiger partial charge >= 0.3 is 13.7 Å². The minimum atomic E-state index is -3.93. The molecule has 3 rings (SSSR count). The minimum Gasteiger partial charge on any atom is -0.462 e. The average molecular weight is 410 g/mol. The Bertz CT molecular complexity index is 756. The van der Waals surface area contributed by atoms with E-state index in [1.54, 1.807) is 44.2 Å². The molecule has 0 amide bonds. The number of ether oxygens (including phenoxy) is 1. The van der Waals surface area contributed by atoms with Crippen LogP contribution in [-0.4, -0.2) is 54.5 Å². The number of nitrogens with one attached hydrogen (secondary N) is 1. The summed E-state index contributed by atoms with van der Waals surface area (Å²) in [4.78, 5) is 26.5. The molecule has 2 heterocycles. The Morgan fingerprint density at radius 2 is 2.00 bits per heavy atom. The predicted octanol–water partition coefficient (Wildman–Crippen LogP) is 2.39. The highest BCUT2D eigenvalue weighted by Crippen LogP contribution is 2.46. The first-order chi connectivity index (χ1) is 13.3. The fraction of sp³-hybridized carbons (Fsp3) is 0.579. The van der Waals surface area contributed by atoms with Gasteiger partial charge in [0.1, 0.15) is 11.8 Å². The van der Waals surface area contributed by atoms with Crippen LogP contribution in [-0.2, 0) is 23.4 Å². The highest BCUT2D eigenvalue weighted by molar-refractivity contribution is 7.52. The second kappa shape index (κ2) is 8.74. The molecule has 9 heteroatoms. The lowest BCUT2D eigenvalue weighted by Gasteiger charge is -2.27. The molecule has 8 nitrogen and oxygen atoms in total. The van der Waals surface area contributed by atoms with Gasteiger partial charge in [-0.2, -0.15) is 5.09 Å². The molecule has 0 aromatic heterocycles. The highest BCUT2D eigenvalue weighted by Gasteiger charge is 2.46. The Kier molecular flexibility index (Phi) is 6.55. The zero-order chi connectivity index (χ0) is 20.3. The van der Waals surface area contributed by atoms with Crippen LogP contribution < -0.4 is 9.61 Å². The number of hydrogen-bond acceptors (Lipinski definition) is 7. The molecule has 2 aliphatic heterocycles. The SMILES string of the molecule is CC(C)OC(=O)[C@H](C)NP(=O)(OC[C@H]1C(=O)[C@H]2CCN1C2)Oc1ccccc1. The molecular formula is C19H27N2O6P. The van der Waals surface area contributed by atoms with Gasteiger partial charge in [0, 0.05) is 12.5 Å². The Morgan fingerprint density at radius 1 is 1.29 bits per heavy atom. The van der Waals surface area contributed by atoms with Crippen molar-refractivity contribution in [3.05, 3.63) is 30.3 Å². The van der Waals surface area contributed by atoms with Crippen LogP contribution in [0.15, 0.2) is 30.3 Å². The van der Waals surface area contributed by atoms with E-state index in [2.05, 4.69) is 5.09 Å². The number of para-hydroxylation sites is 1. The summed E-state index contributed by atoms with van der Waals surface area (Å²) in [5.74, 6) is -0.0710. The molecule has 2 aliphatic rings. The normalized spacial score (nSPS) is 26.9. The molecule has 5 atom stereocenters. The Balaban J connectivity index is 1.69. The molecule has 1 N–H and O–H groups in total. The van der Waals surface area contributed by atoms with E-state index in [4.69, 9.17) is 13.8 Å². The summed E-state index contributed by atoms with van der Waals surface area (Å²) >= 11 is 0. The van der Waals surface area contributed by atoms with Gasteiger partial charge in [-0.25, -0.2) is 4.57 Å². The summed E-state index contributed by atoms with van der Waals surface area (Å²) in [6, 6.07) is 7.22. The van der Waals surface area contributed by atoms with E-state index in [1.165, 1.54) is 6.92 Å². The topological polar surface area (TPSA) is 94.2 Å². The first-order valence-corrected chi connectivity index (χ1v) is 11.1. The van der Waals surface area contributed by atoms with Gasteiger partial charge in [0.25, 0.3) is 0 Å². The summed E-state index contributed by atoms with van der Waals surface area (Å²) < 4.78 is 29.7. The standard InChI is InChI=1S/C19H27N2O6P/c1-13(2)26-19(23)14(3)20-28(24,27-16-7-5-4-6-8-16)25-12-17-18(22)15-9-10-21(17)11-15/h4-8,13-15,17H,9-12H2,1-3H3,(H,20,24)/t14-,15-,17-,28?/m0/s1. The molecule has 1 aromatic carbocycles. The lowest BCUT2D eigenvalue weighted by Crippen LogP contribution is -2.41. The Labute approximate surface area is 165 Å². The predicted molar refractivity (Wildman–Crippen MR) is 103 cm³/mol. The molecule has 154 valence electrons. The summed E-state index contributed by atoms with van der Waals surface area (Å²) in [7, 11) is -3.93. The second-order valence-electron chi connectivity index (χ2n) is 7.43. The van der Waals surface area contributed by atoms with E-state index < -0.39 is 25.8 Å². The molecule has 2 unspecified atom stereocenters. The number of rotatable bonds is 9. The lowest BCUT2D eigenvalue weighted by molar-refractivity contribution is -0.149. The van der Waals surface area contributed by atoms with E-state index in [9.17, 15) is 14.2 Å². The summed E-state index contributed by atoms with van der Waals surface area (Å²) in [5, 5.41) is 2.64. The quantitative estimate of drug-likeness (QED) is 0.490. The maximum absolute atomic E-state index is 13.4. The number of hydrogen-bond donors (Lipinski definition) is 1. The van der Waals surface area contributed by atoms with Crippen molar-refractivity contribution in [3.8, 4) is 5.75 Å². The van der Waals surface area contributed by atoms with Gasteiger partial charge in [-0.1, -0.05) is 18.2 Å². The fourth-order valence-electron chi connectivity index (χ4n) is 3.45. The largest absolute Gasteiger partial charge is 0.462 e. The minimum absolute atomic E-state index is 0.0379. The van der Waals surface area contributed by atoms with Crippen molar-refractivity contribution in [1.29, 1.82) is 0 Å². The molecule has 28 heavy (non-hydrogen) atoms. The van der Waals surface area contributed by atoms with Crippen molar-refractivity contribution in [2.45, 2.75) is 45.4 Å². The van der Waals surface area contributed by atoms with Crippen LogP contribution in [0.1, 0.15) is 27.2 Å². The van der Waals surface area contributed by atoms with Gasteiger partial charge in [0.2, 0.25) is 0 Å². The van der Waals surface area contributed by atoms with Crippen molar-refractivity contribution >= 4 is 19.5 Å². The molecule has 2 fully saturated rings. The maximum atomic E-state index is 13.4. The van der Waals surface area contributed by atoms with E-state index in [0.717, 1.165) is 19.5 Å². The number of piperidine rings is 1. The summed E-state index contributed by atoms with van der Waals surface area (Å²) in [6.07, 6.45) is 0.565. The van der Waals surface area contributed by atoms with Gasteiger partial charge in [0.15, 0.2) is 5.78 Å². The Morgan fingerprint density at radius 3 is 2.61 bits per heavy atom. The van der Waals surface area contributed by atoms with Crippen molar-refractivity contribution in [1.82, 2.24) is 9.99 Å². The average Bonchev–Trinajstić information content (AvgIpc) is 3.22. The third-order valence-corrected chi connectivity index (χ3v) is 6.46. The molecule has 2 saturated heterocycles. The number of carbonyl (C=O) groups is 2.